The highest BCUT2D eigenvalue weighted by Gasteiger charge is 1.95. The van der Waals surface area contributed by atoms with Gasteiger partial charge in [-0.25, -0.2) is 0 Å². The molecule has 0 aliphatic carbocycles. The van der Waals surface area contributed by atoms with Gasteiger partial charge in [0.1, 0.15) is 5.75 Å². The molecule has 0 fully saturated rings. The van der Waals surface area contributed by atoms with E-state index in [1.165, 1.54) is 6.42 Å². The molecular weight excluding hydrogens is 212 g/mol. The molecule has 0 aliphatic heterocycles. The van der Waals surface area contributed by atoms with Gasteiger partial charge in [-0.3, -0.25) is 0 Å². The molecule has 96 valence electrons. The number of anilines is 1. The van der Waals surface area contributed by atoms with Crippen LogP contribution in [0.2, 0.25) is 0 Å². The number of hydrogen-bond donors (Lipinski definition) is 1. The lowest BCUT2D eigenvalue weighted by Crippen LogP contribution is -2.20. The van der Waals surface area contributed by atoms with Crippen LogP contribution in [-0.2, 0) is 0 Å². The van der Waals surface area contributed by atoms with Crippen LogP contribution in [0.1, 0.15) is 19.8 Å². The van der Waals surface area contributed by atoms with Crippen LogP contribution in [0.3, 0.4) is 0 Å². The monoisotopic (exact) mass is 236 g/mol. The zero-order valence-corrected chi connectivity index (χ0v) is 11.2. The van der Waals surface area contributed by atoms with E-state index in [0.717, 1.165) is 37.6 Å². The molecule has 0 amide bonds. The maximum Gasteiger partial charge on any atom is 0.119 e. The van der Waals surface area contributed by atoms with Gasteiger partial charge in [0.25, 0.3) is 0 Å². The summed E-state index contributed by atoms with van der Waals surface area (Å²) in [6.07, 6.45) is 2.28. The van der Waals surface area contributed by atoms with Gasteiger partial charge in [-0.2, -0.15) is 0 Å². The zero-order chi connectivity index (χ0) is 12.5. The lowest BCUT2D eigenvalue weighted by Gasteiger charge is -2.12. The quantitative estimate of drug-likeness (QED) is 0.702. The fourth-order valence-corrected chi connectivity index (χ4v) is 1.43. The number of likely N-dealkylation sites (N-methyl/N-ethyl adjacent to an activating group) is 1. The first-order chi connectivity index (χ1) is 8.22. The third-order valence-electron chi connectivity index (χ3n) is 2.51. The van der Waals surface area contributed by atoms with Gasteiger partial charge in [0.2, 0.25) is 0 Å². The Bertz CT molecular complexity index is 296. The molecule has 0 saturated carbocycles. The van der Waals surface area contributed by atoms with Crippen molar-refractivity contribution in [2.24, 2.45) is 0 Å². The van der Waals surface area contributed by atoms with Crippen molar-refractivity contribution in [3.05, 3.63) is 24.3 Å². The predicted octanol–water partition coefficient (Wildman–Crippen LogP) is 2.84. The lowest BCUT2D eigenvalue weighted by molar-refractivity contribution is 0.309. The summed E-state index contributed by atoms with van der Waals surface area (Å²) in [4.78, 5) is 2.16. The van der Waals surface area contributed by atoms with Gasteiger partial charge in [0.15, 0.2) is 0 Å². The average Bonchev–Trinajstić information content (AvgIpc) is 2.31. The van der Waals surface area contributed by atoms with E-state index in [2.05, 4.69) is 43.4 Å². The minimum Gasteiger partial charge on any atom is -0.494 e. The molecule has 0 aliphatic rings. The summed E-state index contributed by atoms with van der Waals surface area (Å²) >= 11 is 0. The number of rotatable bonds is 8. The van der Waals surface area contributed by atoms with Crippen molar-refractivity contribution >= 4 is 5.69 Å². The highest BCUT2D eigenvalue weighted by molar-refractivity contribution is 5.46. The second-order valence-electron chi connectivity index (χ2n) is 4.46. The number of nitrogens with one attached hydrogen (secondary N) is 1. The van der Waals surface area contributed by atoms with Gasteiger partial charge in [0.05, 0.1) is 6.61 Å². The Morgan fingerprint density at radius 3 is 2.47 bits per heavy atom. The van der Waals surface area contributed by atoms with Crippen LogP contribution < -0.4 is 10.1 Å². The van der Waals surface area contributed by atoms with E-state index >= 15 is 0 Å². The van der Waals surface area contributed by atoms with E-state index in [0.29, 0.717) is 0 Å². The molecule has 1 N–H and O–H groups in total. The Morgan fingerprint density at radius 2 is 1.88 bits per heavy atom. The van der Waals surface area contributed by atoms with Crippen LogP contribution in [0.5, 0.6) is 5.75 Å². The number of benzene rings is 1. The van der Waals surface area contributed by atoms with Crippen molar-refractivity contribution in [1.82, 2.24) is 4.90 Å². The summed E-state index contributed by atoms with van der Waals surface area (Å²) in [5.41, 5.74) is 1.15. The Kier molecular flexibility index (Phi) is 6.48. The topological polar surface area (TPSA) is 24.5 Å². The van der Waals surface area contributed by atoms with Crippen LogP contribution in [0.25, 0.3) is 0 Å². The van der Waals surface area contributed by atoms with Gasteiger partial charge in [-0.15, -0.1) is 0 Å². The molecule has 17 heavy (non-hydrogen) atoms. The van der Waals surface area contributed by atoms with Crippen LogP contribution in [0.4, 0.5) is 5.69 Å². The first-order valence-corrected chi connectivity index (χ1v) is 6.34. The van der Waals surface area contributed by atoms with Crippen molar-refractivity contribution < 1.29 is 4.74 Å². The third kappa shape index (κ3) is 6.17. The Hall–Kier alpha value is -1.22. The molecular formula is C14H24N2O. The van der Waals surface area contributed by atoms with E-state index in [1.54, 1.807) is 0 Å². The number of nitrogens with zero attached hydrogens (tertiary/aromatic N) is 1. The molecule has 1 rings (SSSR count). The van der Waals surface area contributed by atoms with E-state index < -0.39 is 0 Å². The number of ether oxygens (including phenoxy) is 1. The fourth-order valence-electron chi connectivity index (χ4n) is 1.43. The summed E-state index contributed by atoms with van der Waals surface area (Å²) in [5.74, 6) is 0.955. The molecule has 0 heterocycles. The van der Waals surface area contributed by atoms with Crippen molar-refractivity contribution in [2.75, 3.05) is 39.1 Å². The Balaban J connectivity index is 2.29. The van der Waals surface area contributed by atoms with Gasteiger partial charge < -0.3 is 15.0 Å². The number of unbranched alkanes of at least 4 members (excludes halogenated alkanes) is 1. The Morgan fingerprint density at radius 1 is 1.18 bits per heavy atom. The van der Waals surface area contributed by atoms with Crippen LogP contribution >= 0.6 is 0 Å². The van der Waals surface area contributed by atoms with Gasteiger partial charge >= 0.3 is 0 Å². The molecule has 3 nitrogen and oxygen atoms in total. The maximum atomic E-state index is 5.61. The third-order valence-corrected chi connectivity index (χ3v) is 2.51. The molecule has 0 saturated heterocycles. The molecule has 0 atom stereocenters. The normalized spacial score (nSPS) is 10.6. The largest absolute Gasteiger partial charge is 0.494 e. The fraction of sp³-hybridized carbons (Fsp3) is 0.571. The summed E-state index contributed by atoms with van der Waals surface area (Å²) in [7, 11) is 4.15. The van der Waals surface area contributed by atoms with E-state index in [-0.39, 0.29) is 0 Å². The average molecular weight is 236 g/mol. The molecule has 3 heteroatoms. The molecule has 0 radical (unpaired) electrons. The van der Waals surface area contributed by atoms with E-state index in [1.807, 2.05) is 12.1 Å². The van der Waals surface area contributed by atoms with Crippen molar-refractivity contribution in [3.63, 3.8) is 0 Å². The highest BCUT2D eigenvalue weighted by Crippen LogP contribution is 2.15. The molecule has 0 unspecified atom stereocenters. The van der Waals surface area contributed by atoms with Crippen LogP contribution in [0.15, 0.2) is 24.3 Å². The minimum atomic E-state index is 0.809. The second-order valence-corrected chi connectivity index (χ2v) is 4.46. The lowest BCUT2D eigenvalue weighted by atomic mass is 10.3. The first-order valence-electron chi connectivity index (χ1n) is 6.34. The van der Waals surface area contributed by atoms with Crippen molar-refractivity contribution in [2.45, 2.75) is 19.8 Å². The van der Waals surface area contributed by atoms with E-state index in [4.69, 9.17) is 4.74 Å². The minimum absolute atomic E-state index is 0.809. The molecule has 1 aromatic rings. The maximum absolute atomic E-state index is 5.61. The highest BCUT2D eigenvalue weighted by atomic mass is 16.5. The molecule has 0 aromatic heterocycles. The van der Waals surface area contributed by atoms with Crippen molar-refractivity contribution in [3.8, 4) is 5.75 Å². The first kappa shape index (κ1) is 13.8. The Labute approximate surface area is 105 Å². The molecule has 0 spiro atoms. The number of hydrogen-bond acceptors (Lipinski definition) is 3. The summed E-state index contributed by atoms with van der Waals surface area (Å²) in [5, 5.41) is 3.37. The van der Waals surface area contributed by atoms with Gasteiger partial charge in [-0.1, -0.05) is 13.3 Å². The summed E-state index contributed by atoms with van der Waals surface area (Å²) in [6, 6.07) is 8.18. The second kappa shape index (κ2) is 7.96. The predicted molar refractivity (Wildman–Crippen MR) is 73.9 cm³/mol. The van der Waals surface area contributed by atoms with E-state index in [9.17, 15) is 0 Å². The van der Waals surface area contributed by atoms with Gasteiger partial charge in [0, 0.05) is 18.8 Å². The smallest absolute Gasteiger partial charge is 0.119 e. The molecule has 1 aromatic carbocycles. The standard InChI is InChI=1S/C14H24N2O/c1-4-5-12-17-14-8-6-13(7-9-14)15-10-11-16(2)3/h6-9,15H,4-5,10-12H2,1-3H3. The van der Waals surface area contributed by atoms with Crippen LogP contribution in [0, 0.1) is 0 Å². The van der Waals surface area contributed by atoms with Gasteiger partial charge in [-0.05, 0) is 44.8 Å². The summed E-state index contributed by atoms with van der Waals surface area (Å²) < 4.78 is 5.61. The van der Waals surface area contributed by atoms with Crippen molar-refractivity contribution in [1.29, 1.82) is 0 Å². The van der Waals surface area contributed by atoms with Crippen LogP contribution in [-0.4, -0.2) is 38.7 Å². The zero-order valence-electron chi connectivity index (χ0n) is 11.2. The molecule has 0 bridgehead atoms. The SMILES string of the molecule is CCCCOc1ccc(NCCN(C)C)cc1. The summed E-state index contributed by atoms with van der Waals surface area (Å²) in [6.45, 7) is 4.98.